The van der Waals surface area contributed by atoms with E-state index in [-0.39, 0.29) is 111 Å². The fourth-order valence-electron chi connectivity index (χ4n) is 9.24. The Labute approximate surface area is 378 Å². The molecule has 0 aromatic heterocycles. The van der Waals surface area contributed by atoms with Crippen molar-refractivity contribution >= 4 is 40.3 Å². The topological polar surface area (TPSA) is 163 Å². The van der Waals surface area contributed by atoms with E-state index >= 15 is 0 Å². The summed E-state index contributed by atoms with van der Waals surface area (Å²) in [6.07, 6.45) is -4.80. The number of amides is 1. The monoisotopic (exact) mass is 1230 g/mol. The summed E-state index contributed by atoms with van der Waals surface area (Å²) in [7, 11) is 0. The minimum Gasteiger partial charge on any atom is -0.456 e. The summed E-state index contributed by atoms with van der Waals surface area (Å²) in [5, 5.41) is 51.0. The molecule has 5 N–H and O–H groups in total. The van der Waals surface area contributed by atoms with Gasteiger partial charge in [-0.15, -0.1) is 0 Å². The van der Waals surface area contributed by atoms with Crippen molar-refractivity contribution < 1.29 is 132 Å². The van der Waals surface area contributed by atoms with Crippen molar-refractivity contribution in [3.63, 3.8) is 0 Å². The first-order chi connectivity index (χ1) is 22.5. The van der Waals surface area contributed by atoms with Crippen molar-refractivity contribution in [2.24, 2.45) is 22.7 Å². The van der Waals surface area contributed by atoms with E-state index in [1.807, 2.05) is 6.92 Å². The first-order valence-corrected chi connectivity index (χ1v) is 17.7. The van der Waals surface area contributed by atoms with E-state index in [1.165, 1.54) is 0 Å². The third-order valence-corrected chi connectivity index (χ3v) is 13.9. The molecular formula is C37H44Ac2INO9. The SMILES string of the molecule is CC1=C2C(O)C(=O)[C@]3(C)C(I)CC4OCC4(O)C3[C@H](C)C(O)(CC1OC(=O)C(O)C(NC(=O)c1ccccc1)c1ccccc1)C2(C)C.[Ac].[Ac]. The van der Waals surface area contributed by atoms with Crippen LogP contribution >= 0.6 is 22.6 Å². The molecule has 2 aromatic rings. The van der Waals surface area contributed by atoms with E-state index < -0.39 is 82.0 Å². The van der Waals surface area contributed by atoms with Crippen LogP contribution in [0, 0.1) is 111 Å². The summed E-state index contributed by atoms with van der Waals surface area (Å²) < 4.78 is 11.5. The number of benzene rings is 2. The fraction of sp³-hybridized carbons (Fsp3) is 0.541. The number of hydrogen-bond donors (Lipinski definition) is 5. The number of nitrogens with one attached hydrogen (secondary N) is 1. The van der Waals surface area contributed by atoms with Crippen LogP contribution < -0.4 is 5.32 Å². The minimum atomic E-state index is -1.84. The number of carbonyl (C=O) groups is 3. The average molecular weight is 1230 g/mol. The molecule has 11 atom stereocenters. The molecular weight excluding hydrogens is 1180 g/mol. The third-order valence-electron chi connectivity index (χ3n) is 12.1. The summed E-state index contributed by atoms with van der Waals surface area (Å²) >= 11 is 2.20. The Kier molecular flexibility index (Phi) is 13.5. The molecule has 3 fully saturated rings. The number of alkyl halides is 1. The molecule has 10 nitrogen and oxygen atoms in total. The number of hydrogen-bond acceptors (Lipinski definition) is 9. The molecule has 3 aliphatic carbocycles. The van der Waals surface area contributed by atoms with E-state index in [9.17, 15) is 34.8 Å². The molecule has 6 rings (SSSR count). The van der Waals surface area contributed by atoms with Gasteiger partial charge in [-0.2, -0.15) is 0 Å². The van der Waals surface area contributed by atoms with Gasteiger partial charge in [0.05, 0.1) is 24.4 Å². The number of Topliss-reactive ketones (excluding diaryl/α,β-unsaturated/α-hetero) is 1. The van der Waals surface area contributed by atoms with Gasteiger partial charge in [0.15, 0.2) is 11.9 Å². The molecule has 2 bridgehead atoms. The molecule has 50 heavy (non-hydrogen) atoms. The van der Waals surface area contributed by atoms with Crippen molar-refractivity contribution in [2.45, 2.75) is 93.0 Å². The van der Waals surface area contributed by atoms with Crippen LogP contribution in [0.4, 0.5) is 0 Å². The van der Waals surface area contributed by atoms with Gasteiger partial charge >= 0.3 is 5.97 Å². The molecule has 2 saturated carbocycles. The molecule has 1 heterocycles. The number of carbonyl (C=O) groups excluding carboxylic acids is 3. The number of ether oxygens (including phenoxy) is 2. The fourth-order valence-corrected chi connectivity index (χ4v) is 10.4. The Hall–Kier alpha value is 0.203. The standard InChI is InChI=1S/C37H44INO9.2Ac/c1-19-23(48-33(44)29(41)27(21-12-8-6-9-13-21)39-32(43)22-14-10-7-11-15-22)17-37(46)20(2)30-35(5,24(38)16-25-36(30,45)18-47-25)31(42)28(40)26(19)34(37,3)4;;/h6-15,20,23-25,27-30,40-41,45-46H,16-18H2,1-5H3,(H,39,43);;/t20-,23?,24?,25?,27?,28?,29?,30?,35+,36?,37?;;/m0../s1. The van der Waals surface area contributed by atoms with E-state index in [1.54, 1.807) is 88.4 Å². The quantitative estimate of drug-likeness (QED) is 0.126. The molecule has 2 radical (unpaired) electrons. The van der Waals surface area contributed by atoms with Crippen LogP contribution in [0.5, 0.6) is 0 Å². The van der Waals surface area contributed by atoms with Gasteiger partial charge in [-0.05, 0) is 48.1 Å². The zero-order valence-corrected chi connectivity index (χ0v) is 40.5. The first kappa shape index (κ1) is 42.9. The second-order valence-electron chi connectivity index (χ2n) is 14.8. The van der Waals surface area contributed by atoms with Crippen molar-refractivity contribution in [3.05, 3.63) is 82.9 Å². The summed E-state index contributed by atoms with van der Waals surface area (Å²) in [6.45, 7) is 8.80. The number of aliphatic hydroxyl groups is 4. The van der Waals surface area contributed by atoms with Crippen LogP contribution in [0.15, 0.2) is 71.8 Å². The Morgan fingerprint density at radius 1 is 1.02 bits per heavy atom. The van der Waals surface area contributed by atoms with Crippen LogP contribution in [0.2, 0.25) is 0 Å². The normalized spacial score (nSPS) is 36.7. The van der Waals surface area contributed by atoms with Crippen LogP contribution in [0.1, 0.15) is 69.4 Å². The number of esters is 1. The molecule has 1 saturated heterocycles. The molecule has 0 spiro atoms. The first-order valence-electron chi connectivity index (χ1n) is 16.4. The van der Waals surface area contributed by atoms with Crippen molar-refractivity contribution in [2.75, 3.05) is 6.61 Å². The van der Waals surface area contributed by atoms with Crippen LogP contribution in [0.3, 0.4) is 0 Å². The summed E-state index contributed by atoms with van der Waals surface area (Å²) in [5.74, 6) is -3.49. The van der Waals surface area contributed by atoms with Gasteiger partial charge in [0.1, 0.15) is 17.8 Å². The second-order valence-corrected chi connectivity index (χ2v) is 16.3. The Morgan fingerprint density at radius 2 is 1.60 bits per heavy atom. The molecule has 9 unspecified atom stereocenters. The number of fused-ring (bicyclic) bond motifs is 5. The maximum atomic E-state index is 14.5. The largest absolute Gasteiger partial charge is 0.456 e. The predicted octanol–water partition coefficient (Wildman–Crippen LogP) is 3.45. The van der Waals surface area contributed by atoms with Gasteiger partial charge < -0.3 is 35.2 Å². The van der Waals surface area contributed by atoms with Gasteiger partial charge in [0, 0.05) is 121 Å². The Morgan fingerprint density at radius 3 is 2.16 bits per heavy atom. The van der Waals surface area contributed by atoms with E-state index in [0.29, 0.717) is 23.1 Å². The maximum Gasteiger partial charge on any atom is 0.338 e. The van der Waals surface area contributed by atoms with E-state index in [0.717, 1.165) is 0 Å². The average Bonchev–Trinajstić information content (AvgIpc) is 3.06. The number of rotatable bonds is 6. The number of ketones is 1. The van der Waals surface area contributed by atoms with E-state index in [2.05, 4.69) is 27.9 Å². The van der Waals surface area contributed by atoms with Gasteiger partial charge in [0.25, 0.3) is 5.91 Å². The molecule has 4 aliphatic rings. The molecule has 1 aliphatic heterocycles. The maximum absolute atomic E-state index is 14.5. The van der Waals surface area contributed by atoms with Gasteiger partial charge in [-0.3, -0.25) is 9.59 Å². The van der Waals surface area contributed by atoms with Crippen LogP contribution in [-0.4, -0.2) is 84.2 Å². The summed E-state index contributed by atoms with van der Waals surface area (Å²) in [6, 6.07) is 15.8. The van der Waals surface area contributed by atoms with Gasteiger partial charge in [-0.25, -0.2) is 4.79 Å². The Bertz CT molecular complexity index is 1640. The zero-order chi connectivity index (χ0) is 35.0. The molecule has 2 aromatic carbocycles. The number of aliphatic hydroxyl groups excluding tert-OH is 2. The van der Waals surface area contributed by atoms with Crippen molar-refractivity contribution in [1.29, 1.82) is 0 Å². The number of halogens is 1. The second kappa shape index (κ2) is 15.7. The Balaban J connectivity index is 0.00000281. The minimum absolute atomic E-state index is 0. The van der Waals surface area contributed by atoms with E-state index in [4.69, 9.17) is 9.47 Å². The predicted molar refractivity (Wildman–Crippen MR) is 184 cm³/mol. The van der Waals surface area contributed by atoms with Gasteiger partial charge in [0.2, 0.25) is 0 Å². The van der Waals surface area contributed by atoms with Crippen LogP contribution in [-0.2, 0) is 19.1 Å². The summed E-state index contributed by atoms with van der Waals surface area (Å²) in [5.41, 5.74) is -3.94. The van der Waals surface area contributed by atoms with Gasteiger partial charge in [-0.1, -0.05) is 98.8 Å². The van der Waals surface area contributed by atoms with Crippen molar-refractivity contribution in [3.8, 4) is 0 Å². The molecule has 264 valence electrons. The molecule has 13 heteroatoms. The summed E-state index contributed by atoms with van der Waals surface area (Å²) in [4.78, 5) is 41.4. The smallest absolute Gasteiger partial charge is 0.338 e. The van der Waals surface area contributed by atoms with Crippen molar-refractivity contribution in [1.82, 2.24) is 5.32 Å². The third kappa shape index (κ3) is 6.74. The molecule has 1 amide bonds. The zero-order valence-electron chi connectivity index (χ0n) is 28.9. The van der Waals surface area contributed by atoms with Crippen LogP contribution in [0.25, 0.3) is 0 Å².